The molecule has 0 unspecified atom stereocenters. The van der Waals surface area contributed by atoms with Crippen molar-refractivity contribution >= 4 is 47.5 Å². The molecule has 0 bridgehead atoms. The Morgan fingerprint density at radius 3 is 1.51 bits per heavy atom. The highest BCUT2D eigenvalue weighted by molar-refractivity contribution is 6.61. The van der Waals surface area contributed by atoms with E-state index in [2.05, 4.69) is 33.8 Å². The maximum absolute atomic E-state index is 14.7. The summed E-state index contributed by atoms with van der Waals surface area (Å²) < 4.78 is 76.2. The molecule has 0 saturated carbocycles. The van der Waals surface area contributed by atoms with Crippen LogP contribution in [0.3, 0.4) is 0 Å². The predicted molar refractivity (Wildman–Crippen MR) is 246 cm³/mol. The van der Waals surface area contributed by atoms with Crippen molar-refractivity contribution in [3.8, 4) is 11.4 Å². The molecule has 0 aliphatic carbocycles. The number of hydrogen-bond acceptors (Lipinski definition) is 10. The predicted octanol–water partition coefficient (Wildman–Crippen LogP) is 10.6. The smallest absolute Gasteiger partial charge is 0.444 e. The Morgan fingerprint density at radius 2 is 1.12 bits per heavy atom. The highest BCUT2D eigenvalue weighted by Gasteiger charge is 2.35. The van der Waals surface area contributed by atoms with E-state index in [4.69, 9.17) is 30.4 Å². The van der Waals surface area contributed by atoms with Crippen LogP contribution >= 0.6 is 11.6 Å². The molecule has 3 aliphatic rings. The van der Waals surface area contributed by atoms with Gasteiger partial charge in [0.05, 0.1) is 30.4 Å². The quantitative estimate of drug-likeness (QED) is 0.111. The summed E-state index contributed by atoms with van der Waals surface area (Å²) in [5.41, 5.74) is 3.07. The fraction of sp³-hybridized carbons (Fsp3) is 0.447. The van der Waals surface area contributed by atoms with Crippen LogP contribution in [0.15, 0.2) is 73.3 Å². The zero-order valence-electron chi connectivity index (χ0n) is 36.7. The number of rotatable bonds is 4. The minimum Gasteiger partial charge on any atom is -0.444 e. The molecule has 12 nitrogen and oxygen atoms in total. The third kappa shape index (κ3) is 16.5. The third-order valence-corrected chi connectivity index (χ3v) is 9.58. The largest absolute Gasteiger partial charge is 0.496 e. The molecule has 0 atom stereocenters. The molecule has 0 N–H and O–H groups in total. The van der Waals surface area contributed by atoms with Crippen LogP contribution in [0.2, 0.25) is 5.28 Å². The van der Waals surface area contributed by atoms with Crippen molar-refractivity contribution in [2.24, 2.45) is 5.41 Å². The molecule has 0 spiro atoms. The van der Waals surface area contributed by atoms with Crippen molar-refractivity contribution in [2.75, 3.05) is 39.4 Å². The highest BCUT2D eigenvalue weighted by Crippen LogP contribution is 2.29. The molecular formula is C47H60BClF4N6O6. The van der Waals surface area contributed by atoms with Gasteiger partial charge in [0.25, 0.3) is 0 Å². The number of benzene rings is 2. The normalized spacial score (nSPS) is 15.9. The first kappa shape index (κ1) is 54.0. The zero-order chi connectivity index (χ0) is 46.1. The average molecular weight is 927 g/mol. The Kier molecular flexibility index (Phi) is 19.2. The van der Waals surface area contributed by atoms with Gasteiger partial charge in [-0.25, -0.2) is 47.1 Å². The van der Waals surface area contributed by atoms with Crippen LogP contribution in [0.5, 0.6) is 0 Å². The maximum atomic E-state index is 14.7. The molecule has 65 heavy (non-hydrogen) atoms. The Morgan fingerprint density at radius 1 is 0.692 bits per heavy atom. The molecule has 5 heterocycles. The van der Waals surface area contributed by atoms with Crippen LogP contribution in [0.4, 0.5) is 27.2 Å². The van der Waals surface area contributed by atoms with E-state index in [-0.39, 0.29) is 54.9 Å². The van der Waals surface area contributed by atoms with E-state index in [1.807, 2.05) is 59.8 Å². The second-order valence-corrected chi connectivity index (χ2v) is 18.1. The first-order valence-corrected chi connectivity index (χ1v) is 20.7. The summed E-state index contributed by atoms with van der Waals surface area (Å²) in [4.78, 5) is 41.9. The molecule has 3 aliphatic heterocycles. The molecule has 18 heteroatoms. The van der Waals surface area contributed by atoms with Crippen LogP contribution in [0, 0.1) is 28.7 Å². The molecule has 352 valence electrons. The fourth-order valence-corrected chi connectivity index (χ4v) is 6.38. The van der Waals surface area contributed by atoms with E-state index in [1.54, 1.807) is 28.0 Å². The molecule has 2 aromatic heterocycles. The van der Waals surface area contributed by atoms with Gasteiger partial charge in [-0.15, -0.1) is 0 Å². The number of carbonyl (C=O) groups is 2. The fourth-order valence-electron chi connectivity index (χ4n) is 6.28. The van der Waals surface area contributed by atoms with Crippen molar-refractivity contribution in [2.45, 2.75) is 94.3 Å². The Hall–Kier alpha value is -5.39. The van der Waals surface area contributed by atoms with Crippen LogP contribution in [0.1, 0.15) is 94.2 Å². The average Bonchev–Trinajstić information content (AvgIpc) is 3.22. The molecule has 7 rings (SSSR count). The lowest BCUT2D eigenvalue weighted by Crippen LogP contribution is -2.48. The van der Waals surface area contributed by atoms with Gasteiger partial charge in [0, 0.05) is 50.3 Å². The van der Waals surface area contributed by atoms with Crippen molar-refractivity contribution in [1.29, 1.82) is 0 Å². The Labute approximate surface area is 385 Å². The van der Waals surface area contributed by atoms with Crippen LogP contribution in [-0.2, 0) is 18.8 Å². The van der Waals surface area contributed by atoms with Gasteiger partial charge in [-0.3, -0.25) is 0 Å². The summed E-state index contributed by atoms with van der Waals surface area (Å²) in [5, 5.41) is 0.0615. The summed E-state index contributed by atoms with van der Waals surface area (Å²) in [6, 6.07) is 9.92. The lowest BCUT2D eigenvalue weighted by Gasteiger charge is -2.33. The minimum absolute atomic E-state index is 0. The van der Waals surface area contributed by atoms with Gasteiger partial charge in [-0.2, -0.15) is 0 Å². The number of ether oxygens (including phenoxy) is 2. The molecule has 1 fully saturated rings. The molecule has 2 aromatic carbocycles. The van der Waals surface area contributed by atoms with Gasteiger partial charge in [-0.1, -0.05) is 59.1 Å². The van der Waals surface area contributed by atoms with E-state index < -0.39 is 35.8 Å². The summed E-state index contributed by atoms with van der Waals surface area (Å²) in [6.07, 6.45) is 8.47. The number of carbonyl (C=O) groups excluding carboxylic acids is 2. The molecular weight excluding hydrogens is 867 g/mol. The zero-order valence-corrected chi connectivity index (χ0v) is 37.4. The summed E-state index contributed by atoms with van der Waals surface area (Å²) in [7, 11) is -0.662. The Bertz CT molecular complexity index is 2260. The maximum Gasteiger partial charge on any atom is 0.496 e. The SMILES string of the molecule is C.C.CC(C)(C)OC(=O)N1CC=C(c2ccc(-c3ncc(F)cn3)c(F)c2)CC1.CC1(C)COB(c2ccc(C3=CCN(C(=O)OC(C)(C)C)CC3)cc2F)OC1.Fc1cnc(Cl)nc1. The number of halogens is 5. The number of amides is 2. The van der Waals surface area contributed by atoms with Crippen molar-refractivity contribution < 1.29 is 45.9 Å². The molecule has 2 amide bonds. The van der Waals surface area contributed by atoms with Gasteiger partial charge in [0.2, 0.25) is 5.28 Å². The van der Waals surface area contributed by atoms with Gasteiger partial charge >= 0.3 is 19.3 Å². The molecule has 0 radical (unpaired) electrons. The van der Waals surface area contributed by atoms with Crippen molar-refractivity contribution in [3.63, 3.8) is 0 Å². The molecule has 4 aromatic rings. The van der Waals surface area contributed by atoms with E-state index in [0.29, 0.717) is 57.7 Å². The topological polar surface area (TPSA) is 129 Å². The van der Waals surface area contributed by atoms with E-state index in [1.165, 1.54) is 12.1 Å². The van der Waals surface area contributed by atoms with Crippen molar-refractivity contribution in [3.05, 3.63) is 113 Å². The summed E-state index contributed by atoms with van der Waals surface area (Å²) >= 11 is 5.22. The second-order valence-electron chi connectivity index (χ2n) is 17.8. The van der Waals surface area contributed by atoms with E-state index in [9.17, 15) is 27.2 Å². The van der Waals surface area contributed by atoms with Gasteiger partial charge in [0.15, 0.2) is 17.5 Å². The first-order valence-electron chi connectivity index (χ1n) is 20.3. The van der Waals surface area contributed by atoms with Gasteiger partial charge in [-0.05, 0) is 106 Å². The lowest BCUT2D eigenvalue weighted by molar-refractivity contribution is 0.0260. The second kappa shape index (κ2) is 23.2. The summed E-state index contributed by atoms with van der Waals surface area (Å²) in [5.74, 6) is -1.73. The van der Waals surface area contributed by atoms with E-state index >= 15 is 0 Å². The summed E-state index contributed by atoms with van der Waals surface area (Å²) in [6.45, 7) is 18.1. The van der Waals surface area contributed by atoms with Gasteiger partial charge < -0.3 is 28.6 Å². The first-order chi connectivity index (χ1) is 29.6. The third-order valence-electron chi connectivity index (χ3n) is 9.39. The van der Waals surface area contributed by atoms with Gasteiger partial charge in [0.1, 0.15) is 22.8 Å². The monoisotopic (exact) mass is 926 g/mol. The standard InChI is InChI=1S/C21H29BFNO4.C20H21F2N3O2.C4H2ClFN2.2CH4/c1-20(2,3)28-19(25)24-10-8-15(9-11-24)16-6-7-17(18(23)12-16)22-26-13-21(4,5)14-27-22;1-20(2,3)27-19(26)25-8-6-13(7-9-25)14-4-5-16(17(22)10-14)18-23-11-15(21)12-24-18;5-4-7-1-3(6)2-8-4;;/h6-8,12H,9-11,13-14H2,1-5H3;4-6,10-12H,7-9H2,1-3H3;1-2H;2*1H4. The molecule has 1 saturated heterocycles. The van der Waals surface area contributed by atoms with Crippen LogP contribution in [-0.4, -0.2) is 99.6 Å². The number of nitrogens with zero attached hydrogens (tertiary/aromatic N) is 6. The van der Waals surface area contributed by atoms with E-state index in [0.717, 1.165) is 47.1 Å². The van der Waals surface area contributed by atoms with Crippen molar-refractivity contribution in [1.82, 2.24) is 29.7 Å². The highest BCUT2D eigenvalue weighted by atomic mass is 35.5. The minimum atomic E-state index is -0.662. The number of aromatic nitrogens is 4. The van der Waals surface area contributed by atoms with Crippen LogP contribution in [0.25, 0.3) is 22.5 Å². The Balaban J connectivity index is 0.000000287. The lowest BCUT2D eigenvalue weighted by atomic mass is 9.75. The van der Waals surface area contributed by atoms with Crippen LogP contribution < -0.4 is 5.46 Å². The number of hydrogen-bond donors (Lipinski definition) is 0.